The second kappa shape index (κ2) is 15.4. The average Bonchev–Trinajstić information content (AvgIpc) is 3.89. The van der Waals surface area contributed by atoms with Gasteiger partial charge < -0.3 is 4.90 Å². The molecule has 0 bridgehead atoms. The van der Waals surface area contributed by atoms with E-state index in [9.17, 15) is 0 Å². The van der Waals surface area contributed by atoms with Gasteiger partial charge in [-0.05, 0) is 143 Å². The van der Waals surface area contributed by atoms with Gasteiger partial charge in [-0.2, -0.15) is 0 Å². The maximum atomic E-state index is 2.45. The highest BCUT2D eigenvalue weighted by Gasteiger charge is 2.58. The summed E-state index contributed by atoms with van der Waals surface area (Å²) < 4.78 is 0. The molecule has 0 radical (unpaired) electrons. The van der Waals surface area contributed by atoms with Gasteiger partial charge in [-0.15, -0.1) is 0 Å². The second-order valence-corrected chi connectivity index (χ2v) is 18.7. The molecule has 0 fully saturated rings. The minimum absolute atomic E-state index is 0.452. The Bertz CT molecular complexity index is 3580. The number of hydrogen-bond donors (Lipinski definition) is 0. The quantitative estimate of drug-likeness (QED) is 0.161. The largest absolute Gasteiger partial charge is 0.311 e. The first-order valence-electron chi connectivity index (χ1n) is 24.1. The van der Waals surface area contributed by atoms with Crippen LogP contribution in [-0.4, -0.2) is 0 Å². The number of rotatable bonds is 6. The van der Waals surface area contributed by atoms with Gasteiger partial charge in [-0.25, -0.2) is 0 Å². The summed E-state index contributed by atoms with van der Waals surface area (Å²) in [6.45, 7) is 0. The van der Waals surface area contributed by atoms with Gasteiger partial charge in [0.05, 0.1) is 10.8 Å². The lowest BCUT2D eigenvalue weighted by Gasteiger charge is -2.48. The predicted octanol–water partition coefficient (Wildman–Crippen LogP) is 17.2. The van der Waals surface area contributed by atoms with Crippen molar-refractivity contribution in [2.45, 2.75) is 10.8 Å². The number of benzene rings is 11. The van der Waals surface area contributed by atoms with E-state index in [0.717, 1.165) is 17.1 Å². The van der Waals surface area contributed by atoms with Gasteiger partial charge >= 0.3 is 0 Å². The molecule has 14 rings (SSSR count). The van der Waals surface area contributed by atoms with Crippen LogP contribution in [0.15, 0.2) is 273 Å². The molecule has 11 aromatic rings. The van der Waals surface area contributed by atoms with Gasteiger partial charge in [0.2, 0.25) is 0 Å². The van der Waals surface area contributed by atoms with Gasteiger partial charge in [0, 0.05) is 17.1 Å². The molecule has 1 heteroatoms. The molecule has 0 amide bonds. The van der Waals surface area contributed by atoms with Crippen LogP contribution in [0.2, 0.25) is 0 Å². The first kappa shape index (κ1) is 39.4. The van der Waals surface area contributed by atoms with Crippen LogP contribution in [0.5, 0.6) is 0 Å². The molecule has 0 heterocycles. The third-order valence-corrected chi connectivity index (χ3v) is 15.4. The predicted molar refractivity (Wildman–Crippen MR) is 286 cm³/mol. The standard InChI is InChI=1S/C68H45N/c1-3-17-46(18-4-1)48-31-38-52(39-32-48)69(53-40-33-49(34-41-53)47-19-5-2-6-20-47)54-42-35-50(36-43-54)51-37-44-62-58(45-51)57-23-9-12-26-61(57)68(62)65-29-15-13-27-63(65)67(64-28-14-16-30-66(64)68)59-24-10-7-21-55(59)56-22-8-11-25-60(56)67/h1-45H. The number of fused-ring (bicyclic) bond motifs is 16. The molecule has 0 atom stereocenters. The van der Waals surface area contributed by atoms with Crippen molar-refractivity contribution in [3.8, 4) is 55.6 Å². The SMILES string of the molecule is c1ccc(-c2ccc(N(c3ccc(-c4ccccc4)cc3)c3ccc(-c4ccc5c(c4)-c4ccccc4C54c5ccccc5C5(c6ccccc6-c6ccccc65)c5ccccc54)cc3)cc2)cc1. The Morgan fingerprint density at radius 1 is 0.188 bits per heavy atom. The van der Waals surface area contributed by atoms with Gasteiger partial charge in [0.25, 0.3) is 0 Å². The summed E-state index contributed by atoms with van der Waals surface area (Å²) in [5, 5.41) is 0. The van der Waals surface area contributed by atoms with E-state index in [2.05, 4.69) is 278 Å². The van der Waals surface area contributed by atoms with E-state index in [-0.39, 0.29) is 0 Å². The third kappa shape index (κ3) is 5.65. The highest BCUT2D eigenvalue weighted by Crippen LogP contribution is 2.67. The van der Waals surface area contributed by atoms with Crippen molar-refractivity contribution in [1.29, 1.82) is 0 Å². The zero-order valence-electron chi connectivity index (χ0n) is 37.9. The molecule has 0 saturated carbocycles. The number of nitrogens with zero attached hydrogens (tertiary/aromatic N) is 1. The Morgan fingerprint density at radius 3 is 0.826 bits per heavy atom. The van der Waals surface area contributed by atoms with Crippen molar-refractivity contribution < 1.29 is 0 Å². The van der Waals surface area contributed by atoms with Crippen molar-refractivity contribution in [3.63, 3.8) is 0 Å². The van der Waals surface area contributed by atoms with Crippen LogP contribution in [0.25, 0.3) is 55.6 Å². The second-order valence-electron chi connectivity index (χ2n) is 18.7. The fourth-order valence-corrected chi connectivity index (χ4v) is 12.5. The Kier molecular flexibility index (Phi) is 8.78. The summed E-state index contributed by atoms with van der Waals surface area (Å²) in [5.74, 6) is 0. The Labute approximate surface area is 403 Å². The lowest BCUT2D eigenvalue weighted by molar-refractivity contribution is 0.633. The van der Waals surface area contributed by atoms with Gasteiger partial charge in [0.1, 0.15) is 0 Å². The van der Waals surface area contributed by atoms with E-state index >= 15 is 0 Å². The van der Waals surface area contributed by atoms with Gasteiger partial charge in [0.15, 0.2) is 0 Å². The Balaban J connectivity index is 0.897. The molecule has 11 aromatic carbocycles. The molecule has 69 heavy (non-hydrogen) atoms. The van der Waals surface area contributed by atoms with Crippen LogP contribution in [0.1, 0.15) is 44.5 Å². The molecule has 0 aliphatic heterocycles. The molecule has 2 spiro atoms. The summed E-state index contributed by atoms with van der Waals surface area (Å²) in [4.78, 5) is 2.36. The van der Waals surface area contributed by atoms with E-state index in [1.807, 2.05) is 0 Å². The maximum absolute atomic E-state index is 2.45. The van der Waals surface area contributed by atoms with Crippen molar-refractivity contribution in [1.82, 2.24) is 0 Å². The van der Waals surface area contributed by atoms with Crippen molar-refractivity contribution in [2.24, 2.45) is 0 Å². The highest BCUT2D eigenvalue weighted by atomic mass is 15.1. The molecule has 3 aliphatic carbocycles. The van der Waals surface area contributed by atoms with E-state index in [1.54, 1.807) is 0 Å². The van der Waals surface area contributed by atoms with Crippen LogP contribution in [-0.2, 0) is 10.8 Å². The molecule has 322 valence electrons. The molecule has 0 saturated heterocycles. The number of anilines is 3. The zero-order valence-corrected chi connectivity index (χ0v) is 37.9. The minimum Gasteiger partial charge on any atom is -0.311 e. The van der Waals surface area contributed by atoms with Crippen molar-refractivity contribution in [3.05, 3.63) is 317 Å². The molecule has 0 N–H and O–H groups in total. The van der Waals surface area contributed by atoms with E-state index in [0.29, 0.717) is 0 Å². The molecular formula is C68H45N. The van der Waals surface area contributed by atoms with Crippen LogP contribution >= 0.6 is 0 Å². The Morgan fingerprint density at radius 2 is 0.449 bits per heavy atom. The normalized spacial score (nSPS) is 13.7. The summed E-state index contributed by atoms with van der Waals surface area (Å²) in [5.41, 5.74) is 25.6. The zero-order chi connectivity index (χ0) is 45.5. The van der Waals surface area contributed by atoms with Crippen LogP contribution in [0, 0.1) is 0 Å². The van der Waals surface area contributed by atoms with Crippen molar-refractivity contribution >= 4 is 17.1 Å². The summed E-state index contributed by atoms with van der Waals surface area (Å²) in [6.07, 6.45) is 0. The number of hydrogen-bond acceptors (Lipinski definition) is 1. The van der Waals surface area contributed by atoms with Gasteiger partial charge in [-0.3, -0.25) is 0 Å². The first-order valence-corrected chi connectivity index (χ1v) is 24.1. The molecular weight excluding hydrogens is 831 g/mol. The smallest absolute Gasteiger partial charge is 0.0720 e. The summed E-state index contributed by atoms with van der Waals surface area (Å²) in [6, 6.07) is 102. The third-order valence-electron chi connectivity index (χ3n) is 15.4. The monoisotopic (exact) mass is 875 g/mol. The van der Waals surface area contributed by atoms with E-state index in [4.69, 9.17) is 0 Å². The minimum atomic E-state index is -0.508. The fraction of sp³-hybridized carbons (Fsp3) is 0.0294. The van der Waals surface area contributed by atoms with Gasteiger partial charge in [-0.1, -0.05) is 231 Å². The molecule has 3 aliphatic rings. The first-order chi connectivity index (χ1) is 34.2. The lowest BCUT2D eigenvalue weighted by Crippen LogP contribution is -2.43. The molecule has 1 nitrogen and oxygen atoms in total. The fourth-order valence-electron chi connectivity index (χ4n) is 12.5. The lowest BCUT2D eigenvalue weighted by atomic mass is 9.52. The van der Waals surface area contributed by atoms with Crippen LogP contribution < -0.4 is 4.90 Å². The maximum Gasteiger partial charge on any atom is 0.0720 e. The highest BCUT2D eigenvalue weighted by molar-refractivity contribution is 5.95. The van der Waals surface area contributed by atoms with E-state index < -0.39 is 10.8 Å². The van der Waals surface area contributed by atoms with Crippen LogP contribution in [0.4, 0.5) is 17.1 Å². The molecule has 0 unspecified atom stereocenters. The Hall–Kier alpha value is -8.78. The molecule has 0 aromatic heterocycles. The van der Waals surface area contributed by atoms with Crippen LogP contribution in [0.3, 0.4) is 0 Å². The topological polar surface area (TPSA) is 3.24 Å². The van der Waals surface area contributed by atoms with E-state index in [1.165, 1.54) is 100 Å². The van der Waals surface area contributed by atoms with Crippen molar-refractivity contribution in [2.75, 3.05) is 4.90 Å². The average molecular weight is 876 g/mol. The summed E-state index contributed by atoms with van der Waals surface area (Å²) >= 11 is 0. The summed E-state index contributed by atoms with van der Waals surface area (Å²) in [7, 11) is 0.